The van der Waals surface area contributed by atoms with Gasteiger partial charge in [0.05, 0.1) is 0 Å². The largest absolute Gasteiger partial charge is 0.338 e. The molecule has 0 aromatic carbocycles. The fourth-order valence-corrected chi connectivity index (χ4v) is 2.26. The van der Waals surface area contributed by atoms with Crippen molar-refractivity contribution in [3.63, 3.8) is 0 Å². The zero-order valence-electron chi connectivity index (χ0n) is 9.61. The van der Waals surface area contributed by atoms with Crippen molar-refractivity contribution in [1.82, 2.24) is 14.9 Å². The smallest absolute Gasteiger partial charge is 0.205 e. The van der Waals surface area contributed by atoms with E-state index >= 15 is 0 Å². The maximum atomic E-state index is 4.42. The summed E-state index contributed by atoms with van der Waals surface area (Å²) in [5.41, 5.74) is 0. The standard InChI is InChI=1S/C11H20N4/c1-3-12-9-10-5-4-7-15(10)11-13-6-8-14(11)2/h6,8,10,12H,3-5,7,9H2,1-2H3. The van der Waals surface area contributed by atoms with Crippen molar-refractivity contribution in [3.8, 4) is 0 Å². The number of rotatable bonds is 4. The minimum Gasteiger partial charge on any atom is -0.338 e. The normalized spacial score (nSPS) is 21.2. The fourth-order valence-electron chi connectivity index (χ4n) is 2.26. The number of hydrogen-bond donors (Lipinski definition) is 1. The van der Waals surface area contributed by atoms with Gasteiger partial charge in [0.15, 0.2) is 0 Å². The molecule has 1 saturated heterocycles. The zero-order chi connectivity index (χ0) is 10.7. The van der Waals surface area contributed by atoms with Gasteiger partial charge in [-0.1, -0.05) is 6.92 Å². The Balaban J connectivity index is 2.04. The monoisotopic (exact) mass is 208 g/mol. The molecule has 1 aromatic rings. The molecule has 2 rings (SSSR count). The van der Waals surface area contributed by atoms with Crippen LogP contribution in [0, 0.1) is 0 Å². The molecule has 4 nitrogen and oxygen atoms in total. The van der Waals surface area contributed by atoms with Crippen LogP contribution in [-0.2, 0) is 7.05 Å². The first-order valence-corrected chi connectivity index (χ1v) is 5.77. The SMILES string of the molecule is CCNCC1CCCN1c1nccn1C. The highest BCUT2D eigenvalue weighted by molar-refractivity contribution is 5.34. The average Bonchev–Trinajstić information content (AvgIpc) is 2.82. The molecule has 1 unspecified atom stereocenters. The highest BCUT2D eigenvalue weighted by Gasteiger charge is 2.26. The molecule has 0 saturated carbocycles. The number of anilines is 1. The van der Waals surface area contributed by atoms with Gasteiger partial charge in [-0.3, -0.25) is 0 Å². The maximum absolute atomic E-state index is 4.42. The lowest BCUT2D eigenvalue weighted by Crippen LogP contribution is -2.39. The molecule has 0 aliphatic carbocycles. The predicted molar refractivity (Wildman–Crippen MR) is 62.1 cm³/mol. The molecule has 0 bridgehead atoms. The first-order chi connectivity index (χ1) is 7.33. The van der Waals surface area contributed by atoms with Crippen molar-refractivity contribution in [3.05, 3.63) is 12.4 Å². The summed E-state index contributed by atoms with van der Waals surface area (Å²) in [7, 11) is 2.06. The Morgan fingerprint density at radius 2 is 2.47 bits per heavy atom. The molecule has 1 N–H and O–H groups in total. The Kier molecular flexibility index (Phi) is 3.26. The van der Waals surface area contributed by atoms with Crippen LogP contribution in [0.4, 0.5) is 5.95 Å². The van der Waals surface area contributed by atoms with Gasteiger partial charge in [-0.25, -0.2) is 4.98 Å². The van der Waals surface area contributed by atoms with Gasteiger partial charge in [0.1, 0.15) is 0 Å². The second kappa shape index (κ2) is 4.66. The lowest BCUT2D eigenvalue weighted by Gasteiger charge is -2.25. The van der Waals surface area contributed by atoms with E-state index in [4.69, 9.17) is 0 Å². The van der Waals surface area contributed by atoms with E-state index in [1.165, 1.54) is 12.8 Å². The molecule has 0 amide bonds. The first kappa shape index (κ1) is 10.5. The van der Waals surface area contributed by atoms with Gasteiger partial charge in [-0.05, 0) is 19.4 Å². The van der Waals surface area contributed by atoms with E-state index in [1.54, 1.807) is 0 Å². The number of aryl methyl sites for hydroxylation is 1. The Morgan fingerprint density at radius 3 is 3.13 bits per heavy atom. The van der Waals surface area contributed by atoms with Crippen LogP contribution in [0.3, 0.4) is 0 Å². The summed E-state index contributed by atoms with van der Waals surface area (Å²) in [5, 5.41) is 3.42. The Morgan fingerprint density at radius 1 is 1.60 bits per heavy atom. The Bertz CT molecular complexity index is 307. The van der Waals surface area contributed by atoms with Crippen LogP contribution >= 0.6 is 0 Å². The second-order valence-electron chi connectivity index (χ2n) is 4.14. The summed E-state index contributed by atoms with van der Waals surface area (Å²) in [6.07, 6.45) is 6.44. The third-order valence-electron chi connectivity index (χ3n) is 3.06. The van der Waals surface area contributed by atoms with Crippen LogP contribution in [-0.4, -0.2) is 35.2 Å². The summed E-state index contributed by atoms with van der Waals surface area (Å²) in [4.78, 5) is 6.84. The van der Waals surface area contributed by atoms with E-state index < -0.39 is 0 Å². The average molecular weight is 208 g/mol. The van der Waals surface area contributed by atoms with Crippen molar-refractivity contribution >= 4 is 5.95 Å². The second-order valence-corrected chi connectivity index (χ2v) is 4.14. The molecule has 0 radical (unpaired) electrons. The molecule has 15 heavy (non-hydrogen) atoms. The van der Waals surface area contributed by atoms with Crippen LogP contribution in [0.2, 0.25) is 0 Å². The summed E-state index contributed by atoms with van der Waals surface area (Å²) in [5.74, 6) is 1.11. The minimum absolute atomic E-state index is 0.617. The lowest BCUT2D eigenvalue weighted by atomic mass is 10.2. The van der Waals surface area contributed by atoms with Gasteiger partial charge in [0.2, 0.25) is 5.95 Å². The number of hydrogen-bond acceptors (Lipinski definition) is 3. The third kappa shape index (κ3) is 2.15. The predicted octanol–water partition coefficient (Wildman–Crippen LogP) is 0.998. The molecule has 1 atom stereocenters. The van der Waals surface area contributed by atoms with Gasteiger partial charge in [-0.15, -0.1) is 0 Å². The molecule has 1 aliphatic heterocycles. The fraction of sp³-hybridized carbons (Fsp3) is 0.727. The number of aromatic nitrogens is 2. The third-order valence-corrected chi connectivity index (χ3v) is 3.06. The molecule has 0 spiro atoms. The summed E-state index contributed by atoms with van der Waals surface area (Å²) < 4.78 is 2.10. The van der Waals surface area contributed by atoms with E-state index in [9.17, 15) is 0 Å². The molecular weight excluding hydrogens is 188 g/mol. The van der Waals surface area contributed by atoms with Gasteiger partial charge in [0.25, 0.3) is 0 Å². The topological polar surface area (TPSA) is 33.1 Å². The van der Waals surface area contributed by atoms with Crippen molar-refractivity contribution in [2.75, 3.05) is 24.5 Å². The van der Waals surface area contributed by atoms with Gasteiger partial charge >= 0.3 is 0 Å². The van der Waals surface area contributed by atoms with Gasteiger partial charge in [-0.2, -0.15) is 0 Å². The van der Waals surface area contributed by atoms with Crippen molar-refractivity contribution < 1.29 is 0 Å². The number of nitrogens with zero attached hydrogens (tertiary/aromatic N) is 3. The molecule has 4 heteroatoms. The molecule has 1 fully saturated rings. The van der Waals surface area contributed by atoms with E-state index in [-0.39, 0.29) is 0 Å². The number of likely N-dealkylation sites (N-methyl/N-ethyl adjacent to an activating group) is 1. The van der Waals surface area contributed by atoms with Crippen LogP contribution in [0.15, 0.2) is 12.4 Å². The van der Waals surface area contributed by atoms with E-state index in [2.05, 4.69) is 33.7 Å². The van der Waals surface area contributed by atoms with Crippen LogP contribution < -0.4 is 10.2 Å². The van der Waals surface area contributed by atoms with E-state index in [0.29, 0.717) is 6.04 Å². The van der Waals surface area contributed by atoms with Crippen LogP contribution in [0.25, 0.3) is 0 Å². The van der Waals surface area contributed by atoms with Crippen molar-refractivity contribution in [2.45, 2.75) is 25.8 Å². The van der Waals surface area contributed by atoms with Crippen molar-refractivity contribution in [2.24, 2.45) is 7.05 Å². The van der Waals surface area contributed by atoms with Gasteiger partial charge in [0, 0.05) is 38.6 Å². The Labute approximate surface area is 91.3 Å². The molecule has 1 aromatic heterocycles. The minimum atomic E-state index is 0.617. The van der Waals surface area contributed by atoms with Crippen LogP contribution in [0.1, 0.15) is 19.8 Å². The first-order valence-electron chi connectivity index (χ1n) is 5.77. The zero-order valence-corrected chi connectivity index (χ0v) is 9.61. The summed E-state index contributed by atoms with van der Waals surface area (Å²) >= 11 is 0. The highest BCUT2D eigenvalue weighted by atomic mass is 15.3. The molecule has 84 valence electrons. The van der Waals surface area contributed by atoms with E-state index in [0.717, 1.165) is 25.6 Å². The number of nitrogens with one attached hydrogen (secondary N) is 1. The Hall–Kier alpha value is -1.03. The lowest BCUT2D eigenvalue weighted by molar-refractivity contribution is 0.577. The summed E-state index contributed by atoms with van der Waals surface area (Å²) in [6, 6.07) is 0.617. The van der Waals surface area contributed by atoms with Crippen LogP contribution in [0.5, 0.6) is 0 Å². The van der Waals surface area contributed by atoms with E-state index in [1.807, 2.05) is 12.4 Å². The summed E-state index contributed by atoms with van der Waals surface area (Å²) in [6.45, 7) is 5.41. The quantitative estimate of drug-likeness (QED) is 0.801. The molecule has 2 heterocycles. The molecule has 1 aliphatic rings. The van der Waals surface area contributed by atoms with Gasteiger partial charge < -0.3 is 14.8 Å². The number of imidazole rings is 1. The maximum Gasteiger partial charge on any atom is 0.205 e. The molecular formula is C11H20N4. The highest BCUT2D eigenvalue weighted by Crippen LogP contribution is 2.22. The van der Waals surface area contributed by atoms with Crippen molar-refractivity contribution in [1.29, 1.82) is 0 Å².